The van der Waals surface area contributed by atoms with Crippen molar-refractivity contribution in [1.29, 1.82) is 0 Å². The van der Waals surface area contributed by atoms with E-state index >= 15 is 0 Å². The Kier molecular flexibility index (Phi) is 5.01. The number of carbonyl (C=O) groups is 1. The molecule has 0 bridgehead atoms. The number of rotatable bonds is 4. The molecule has 0 radical (unpaired) electrons. The minimum atomic E-state index is -4.48. The number of alkyl halides is 3. The Bertz CT molecular complexity index is 896. The predicted octanol–water partition coefficient (Wildman–Crippen LogP) is 3.90. The van der Waals surface area contributed by atoms with Crippen LogP contribution in [0.5, 0.6) is 0 Å². The van der Waals surface area contributed by atoms with Gasteiger partial charge >= 0.3 is 6.18 Å². The Labute approximate surface area is 150 Å². The zero-order valence-corrected chi connectivity index (χ0v) is 13.9. The summed E-state index contributed by atoms with van der Waals surface area (Å²) in [5, 5.41) is 14.5. The molecule has 0 aliphatic rings. The molecule has 0 saturated carbocycles. The highest BCUT2D eigenvalue weighted by atomic mass is 32.1. The lowest BCUT2D eigenvalue weighted by Crippen LogP contribution is -2.20. The second-order valence-electron chi connectivity index (χ2n) is 5.29. The molecule has 2 aromatic heterocycles. The molecule has 2 N–H and O–H groups in total. The molecular formula is C17H12F3N3O2S. The molecule has 26 heavy (non-hydrogen) atoms. The molecule has 0 aliphatic heterocycles. The zero-order chi connectivity index (χ0) is 18.7. The first-order chi connectivity index (χ1) is 12.3. The molecule has 1 amide bonds. The van der Waals surface area contributed by atoms with Crippen LogP contribution in [0, 0.1) is 0 Å². The number of hydrogen-bond donors (Lipinski definition) is 2. The van der Waals surface area contributed by atoms with Gasteiger partial charge in [0.1, 0.15) is 0 Å². The maximum atomic E-state index is 12.6. The number of halogens is 3. The number of nitrogens with zero attached hydrogens (tertiary/aromatic N) is 2. The van der Waals surface area contributed by atoms with Gasteiger partial charge in [-0.25, -0.2) is 4.98 Å². The van der Waals surface area contributed by atoms with Gasteiger partial charge in [0, 0.05) is 23.3 Å². The number of anilines is 1. The van der Waals surface area contributed by atoms with Crippen LogP contribution in [0.3, 0.4) is 0 Å². The summed E-state index contributed by atoms with van der Waals surface area (Å²) >= 11 is 1.17. The first-order valence-corrected chi connectivity index (χ1v) is 8.24. The maximum Gasteiger partial charge on any atom is 0.416 e. The largest absolute Gasteiger partial charge is 0.416 e. The summed E-state index contributed by atoms with van der Waals surface area (Å²) in [6, 6.07) is 7.29. The molecule has 1 atom stereocenters. The Morgan fingerprint density at radius 1 is 1.12 bits per heavy atom. The average molecular weight is 379 g/mol. The topological polar surface area (TPSA) is 75.1 Å². The third-order valence-corrected chi connectivity index (χ3v) is 4.27. The number of thiazole rings is 1. The van der Waals surface area contributed by atoms with Crippen molar-refractivity contribution >= 4 is 22.4 Å². The summed E-state index contributed by atoms with van der Waals surface area (Å²) in [5.41, 5.74) is 0.661. The van der Waals surface area contributed by atoms with E-state index in [1.54, 1.807) is 29.9 Å². The molecule has 1 unspecified atom stereocenters. The third kappa shape index (κ3) is 4.06. The molecule has 1 aromatic carbocycles. The van der Waals surface area contributed by atoms with Crippen molar-refractivity contribution in [2.24, 2.45) is 0 Å². The molecule has 3 rings (SSSR count). The SMILES string of the molecule is O=C(Nc1nc(-c2ccncc2)cs1)C(O)c1ccc(C(F)(F)F)cc1. The molecule has 0 saturated heterocycles. The van der Waals surface area contributed by atoms with Gasteiger partial charge in [0.25, 0.3) is 5.91 Å². The van der Waals surface area contributed by atoms with Crippen molar-refractivity contribution < 1.29 is 23.1 Å². The highest BCUT2D eigenvalue weighted by Gasteiger charge is 2.30. The van der Waals surface area contributed by atoms with Crippen LogP contribution in [0.15, 0.2) is 54.2 Å². The highest BCUT2D eigenvalue weighted by molar-refractivity contribution is 7.14. The van der Waals surface area contributed by atoms with Crippen molar-refractivity contribution in [3.05, 3.63) is 65.3 Å². The van der Waals surface area contributed by atoms with Gasteiger partial charge in [-0.3, -0.25) is 15.1 Å². The number of carbonyl (C=O) groups excluding carboxylic acids is 1. The van der Waals surface area contributed by atoms with E-state index in [9.17, 15) is 23.1 Å². The van der Waals surface area contributed by atoms with E-state index < -0.39 is 23.8 Å². The van der Waals surface area contributed by atoms with Crippen LogP contribution in [0.2, 0.25) is 0 Å². The first kappa shape index (κ1) is 18.0. The fourth-order valence-corrected chi connectivity index (χ4v) is 2.89. The second kappa shape index (κ2) is 7.22. The monoisotopic (exact) mass is 379 g/mol. The fraction of sp³-hybridized carbons (Fsp3) is 0.118. The van der Waals surface area contributed by atoms with E-state index in [0.717, 1.165) is 29.8 Å². The lowest BCUT2D eigenvalue weighted by molar-refractivity contribution is -0.137. The molecular weight excluding hydrogens is 367 g/mol. The summed E-state index contributed by atoms with van der Waals surface area (Å²) < 4.78 is 37.7. The first-order valence-electron chi connectivity index (χ1n) is 7.36. The van der Waals surface area contributed by atoms with Gasteiger partial charge in [0.05, 0.1) is 11.3 Å². The number of hydrogen-bond acceptors (Lipinski definition) is 5. The number of pyridine rings is 1. The molecule has 0 spiro atoms. The number of nitrogens with one attached hydrogen (secondary N) is 1. The molecule has 5 nitrogen and oxygen atoms in total. The summed E-state index contributed by atoms with van der Waals surface area (Å²) in [4.78, 5) is 20.3. The molecule has 0 aliphatic carbocycles. The number of benzene rings is 1. The minimum Gasteiger partial charge on any atom is -0.378 e. The average Bonchev–Trinajstić information content (AvgIpc) is 3.09. The Balaban J connectivity index is 1.69. The van der Waals surface area contributed by atoms with Crippen molar-refractivity contribution in [3.63, 3.8) is 0 Å². The summed E-state index contributed by atoms with van der Waals surface area (Å²) in [7, 11) is 0. The van der Waals surface area contributed by atoms with Gasteiger partial charge in [-0.15, -0.1) is 11.3 Å². The van der Waals surface area contributed by atoms with Gasteiger partial charge in [-0.1, -0.05) is 12.1 Å². The number of aliphatic hydroxyl groups is 1. The van der Waals surface area contributed by atoms with Crippen LogP contribution in [0.1, 0.15) is 17.2 Å². The van der Waals surface area contributed by atoms with E-state index in [2.05, 4.69) is 15.3 Å². The van der Waals surface area contributed by atoms with E-state index in [-0.39, 0.29) is 10.7 Å². The number of aliphatic hydroxyl groups excluding tert-OH is 1. The summed E-state index contributed by atoms with van der Waals surface area (Å²) in [5.74, 6) is -0.777. The van der Waals surface area contributed by atoms with Gasteiger partial charge in [0.2, 0.25) is 0 Å². The number of aromatic nitrogens is 2. The predicted molar refractivity (Wildman–Crippen MR) is 90.4 cm³/mol. The normalized spacial score (nSPS) is 12.6. The van der Waals surface area contributed by atoms with E-state index in [1.165, 1.54) is 11.3 Å². The minimum absolute atomic E-state index is 0.0569. The van der Waals surface area contributed by atoms with Crippen LogP contribution < -0.4 is 5.32 Å². The van der Waals surface area contributed by atoms with Crippen LogP contribution in [-0.4, -0.2) is 21.0 Å². The van der Waals surface area contributed by atoms with Crippen LogP contribution in [-0.2, 0) is 11.0 Å². The van der Waals surface area contributed by atoms with Gasteiger partial charge in [0.15, 0.2) is 11.2 Å². The van der Waals surface area contributed by atoms with Crippen LogP contribution in [0.4, 0.5) is 18.3 Å². The molecule has 134 valence electrons. The molecule has 9 heteroatoms. The molecule has 2 heterocycles. The third-order valence-electron chi connectivity index (χ3n) is 3.51. The zero-order valence-electron chi connectivity index (χ0n) is 13.1. The fourth-order valence-electron chi connectivity index (χ4n) is 2.17. The van der Waals surface area contributed by atoms with E-state index in [1.807, 2.05) is 0 Å². The van der Waals surface area contributed by atoms with Gasteiger partial charge in [-0.2, -0.15) is 13.2 Å². The quantitative estimate of drug-likeness (QED) is 0.721. The van der Waals surface area contributed by atoms with Crippen molar-refractivity contribution in [1.82, 2.24) is 9.97 Å². The summed E-state index contributed by atoms with van der Waals surface area (Å²) in [6.45, 7) is 0. The lowest BCUT2D eigenvalue weighted by atomic mass is 10.1. The second-order valence-corrected chi connectivity index (χ2v) is 6.14. The maximum absolute atomic E-state index is 12.6. The number of amides is 1. The van der Waals surface area contributed by atoms with Gasteiger partial charge < -0.3 is 5.11 Å². The Morgan fingerprint density at radius 2 is 1.77 bits per heavy atom. The van der Waals surface area contributed by atoms with E-state index in [4.69, 9.17) is 0 Å². The van der Waals surface area contributed by atoms with Gasteiger partial charge in [-0.05, 0) is 29.8 Å². The van der Waals surface area contributed by atoms with E-state index in [0.29, 0.717) is 5.69 Å². The summed E-state index contributed by atoms with van der Waals surface area (Å²) in [6.07, 6.45) is -2.86. The smallest absolute Gasteiger partial charge is 0.378 e. The Morgan fingerprint density at radius 3 is 2.38 bits per heavy atom. The highest BCUT2D eigenvalue weighted by Crippen LogP contribution is 2.30. The lowest BCUT2D eigenvalue weighted by Gasteiger charge is -2.12. The molecule has 3 aromatic rings. The van der Waals surface area contributed by atoms with Crippen LogP contribution >= 0.6 is 11.3 Å². The van der Waals surface area contributed by atoms with Crippen LogP contribution in [0.25, 0.3) is 11.3 Å². The van der Waals surface area contributed by atoms with Crippen molar-refractivity contribution in [3.8, 4) is 11.3 Å². The Hall–Kier alpha value is -2.78. The van der Waals surface area contributed by atoms with Crippen molar-refractivity contribution in [2.75, 3.05) is 5.32 Å². The van der Waals surface area contributed by atoms with Crippen molar-refractivity contribution in [2.45, 2.75) is 12.3 Å². The standard InChI is InChI=1S/C17H12F3N3O2S/c18-17(19,20)12-3-1-11(2-4-12)14(24)15(25)23-16-22-13(9-26-16)10-5-7-21-8-6-10/h1-9,14,24H,(H,22,23,25). The molecule has 0 fully saturated rings.